The molecule has 0 radical (unpaired) electrons. The van der Waals surface area contributed by atoms with E-state index in [0.717, 1.165) is 35.4 Å². The number of carbonyl (C=O) groups excluding carboxylic acids is 1. The van der Waals surface area contributed by atoms with E-state index in [1.54, 1.807) is 30.9 Å². The highest BCUT2D eigenvalue weighted by Crippen LogP contribution is 2.39. The van der Waals surface area contributed by atoms with Gasteiger partial charge in [0, 0.05) is 50.9 Å². The number of fused-ring (bicyclic) bond motifs is 2. The number of aromatic carboxylic acids is 1. The first-order valence-corrected chi connectivity index (χ1v) is 18.1. The molecule has 0 spiro atoms. The van der Waals surface area contributed by atoms with Crippen LogP contribution in [0.15, 0.2) is 36.4 Å². The number of halogens is 2. The van der Waals surface area contributed by atoms with Crippen LogP contribution in [0.5, 0.6) is 23.0 Å². The lowest BCUT2D eigenvalue weighted by atomic mass is 9.92. The van der Waals surface area contributed by atoms with Gasteiger partial charge in [-0.1, -0.05) is 64.7 Å². The van der Waals surface area contributed by atoms with Gasteiger partial charge in [-0.2, -0.15) is 10.2 Å². The second kappa shape index (κ2) is 17.6. The minimum absolute atomic E-state index is 0.106. The third kappa shape index (κ3) is 11.0. The standard InChI is InChI=1S/C19H24ClN3O3.C10H12ClNO2.C9H14N2O2/c1-19(2,3)16-10-14(23(4)22-16)18(24)21-11-12-8-13(20)17-15(9-12)25-6-5-7-26-17;11-8-4-7(6-12)5-9-10(8)14-3-1-2-13-9;1-9(2,3)7-5-6(8(12)13)11(4)10-7/h8-10H,5-7,11H2,1-4H3,(H,21,24);4-5H,1-3,6,12H2;5H,1-4H3,(H,12,13). The van der Waals surface area contributed by atoms with Gasteiger partial charge in [0.25, 0.3) is 5.91 Å². The molecule has 2 aliphatic rings. The molecule has 4 heterocycles. The zero-order chi connectivity index (χ0) is 39.1. The number of rotatable bonds is 5. The van der Waals surface area contributed by atoms with Crippen molar-refractivity contribution in [3.8, 4) is 23.0 Å². The van der Waals surface area contributed by atoms with Crippen molar-refractivity contribution in [3.63, 3.8) is 0 Å². The highest BCUT2D eigenvalue weighted by Gasteiger charge is 2.23. The highest BCUT2D eigenvalue weighted by atomic mass is 35.5. The van der Waals surface area contributed by atoms with Gasteiger partial charge in [0.2, 0.25) is 0 Å². The van der Waals surface area contributed by atoms with E-state index in [-0.39, 0.29) is 22.4 Å². The van der Waals surface area contributed by atoms with Gasteiger partial charge in [-0.05, 0) is 47.5 Å². The second-order valence-corrected chi connectivity index (χ2v) is 15.5. The van der Waals surface area contributed by atoms with Gasteiger partial charge in [-0.15, -0.1) is 0 Å². The van der Waals surface area contributed by atoms with Crippen LogP contribution in [0.4, 0.5) is 0 Å². The molecular weight excluding hydrogens is 723 g/mol. The number of nitrogens with one attached hydrogen (secondary N) is 1. The molecule has 0 atom stereocenters. The van der Waals surface area contributed by atoms with Crippen molar-refractivity contribution < 1.29 is 33.6 Å². The average Bonchev–Trinajstić information content (AvgIpc) is 3.48. The number of amides is 1. The Labute approximate surface area is 320 Å². The number of nitrogens with two attached hydrogens (primary N) is 1. The van der Waals surface area contributed by atoms with Gasteiger partial charge in [0.05, 0.1) is 47.9 Å². The van der Waals surface area contributed by atoms with Crippen molar-refractivity contribution in [3.05, 3.63) is 80.3 Å². The summed E-state index contributed by atoms with van der Waals surface area (Å²) in [5.41, 5.74) is 9.55. The molecule has 53 heavy (non-hydrogen) atoms. The van der Waals surface area contributed by atoms with Crippen LogP contribution in [-0.4, -0.2) is 63.0 Å². The number of nitrogens with zero attached hydrogens (tertiary/aromatic N) is 4. The maximum Gasteiger partial charge on any atom is 0.354 e. The van der Waals surface area contributed by atoms with Gasteiger partial charge >= 0.3 is 5.97 Å². The second-order valence-electron chi connectivity index (χ2n) is 14.7. The van der Waals surface area contributed by atoms with Crippen LogP contribution in [0.2, 0.25) is 10.0 Å². The number of carboxylic acids is 1. The summed E-state index contributed by atoms with van der Waals surface area (Å²) in [6.07, 6.45) is 1.69. The zero-order valence-corrected chi connectivity index (χ0v) is 33.2. The summed E-state index contributed by atoms with van der Waals surface area (Å²) in [5.74, 6) is 1.41. The van der Waals surface area contributed by atoms with Crippen LogP contribution in [0.3, 0.4) is 0 Å². The fourth-order valence-corrected chi connectivity index (χ4v) is 5.72. The molecule has 0 fully saturated rings. The first-order chi connectivity index (χ1) is 24.9. The first kappa shape index (κ1) is 41.3. The molecule has 1 amide bonds. The Kier molecular flexibility index (Phi) is 13.7. The van der Waals surface area contributed by atoms with Crippen molar-refractivity contribution in [2.45, 2.75) is 78.3 Å². The molecule has 2 aromatic carbocycles. The molecule has 13 nitrogen and oxygen atoms in total. The molecule has 2 aromatic heterocycles. The maximum absolute atomic E-state index is 12.5. The predicted molar refractivity (Wildman–Crippen MR) is 204 cm³/mol. The number of aromatic nitrogens is 4. The molecular formula is C38H50Cl2N6O7. The van der Waals surface area contributed by atoms with Gasteiger partial charge in [-0.25, -0.2) is 4.79 Å². The van der Waals surface area contributed by atoms with E-state index in [9.17, 15) is 9.59 Å². The van der Waals surface area contributed by atoms with E-state index < -0.39 is 5.97 Å². The fraction of sp³-hybridized carbons (Fsp3) is 0.474. The quantitative estimate of drug-likeness (QED) is 0.196. The molecule has 288 valence electrons. The predicted octanol–water partition coefficient (Wildman–Crippen LogP) is 6.84. The van der Waals surface area contributed by atoms with Crippen LogP contribution in [0.1, 0.15) is 97.9 Å². The largest absolute Gasteiger partial charge is 0.489 e. The molecule has 0 unspecified atom stereocenters. The monoisotopic (exact) mass is 772 g/mol. The van der Waals surface area contributed by atoms with E-state index in [1.165, 1.54) is 4.68 Å². The van der Waals surface area contributed by atoms with Crippen LogP contribution in [0.25, 0.3) is 0 Å². The summed E-state index contributed by atoms with van der Waals surface area (Å²) in [6, 6.07) is 10.8. The van der Waals surface area contributed by atoms with Crippen LogP contribution in [0, 0.1) is 0 Å². The van der Waals surface area contributed by atoms with Crippen molar-refractivity contribution >= 4 is 35.1 Å². The Bertz CT molecular complexity index is 1910. The van der Waals surface area contributed by atoms with Crippen LogP contribution < -0.4 is 30.0 Å². The molecule has 0 saturated heterocycles. The Morgan fingerprint density at radius 3 is 1.60 bits per heavy atom. The van der Waals surface area contributed by atoms with Gasteiger partial charge in [0.1, 0.15) is 11.4 Å². The summed E-state index contributed by atoms with van der Waals surface area (Å²) in [6.45, 7) is 15.5. The Morgan fingerprint density at radius 1 is 0.736 bits per heavy atom. The first-order valence-electron chi connectivity index (χ1n) is 17.4. The van der Waals surface area contributed by atoms with Crippen LogP contribution >= 0.6 is 23.2 Å². The van der Waals surface area contributed by atoms with E-state index >= 15 is 0 Å². The average molecular weight is 774 g/mol. The summed E-state index contributed by atoms with van der Waals surface area (Å²) in [5, 5.41) is 21.3. The fourth-order valence-electron chi connectivity index (χ4n) is 5.14. The third-order valence-corrected chi connectivity index (χ3v) is 8.72. The van der Waals surface area contributed by atoms with E-state index in [2.05, 4.69) is 36.3 Å². The lowest BCUT2D eigenvalue weighted by molar-refractivity contribution is 0.0684. The van der Waals surface area contributed by atoms with E-state index in [4.69, 9.17) is 53.0 Å². The minimum atomic E-state index is -0.939. The maximum atomic E-state index is 12.5. The Balaban J connectivity index is 0.000000196. The lowest BCUT2D eigenvalue weighted by Crippen LogP contribution is -2.25. The molecule has 0 aliphatic carbocycles. The number of aryl methyl sites for hydroxylation is 2. The SMILES string of the molecule is Cn1nc(C(C)(C)C)cc1C(=O)NCc1cc(Cl)c2c(c1)OCCCO2.Cn1nc(C(C)(C)C)cc1C(=O)O.NCc1cc(Cl)c2c(c1)OCCCO2. The smallest absolute Gasteiger partial charge is 0.354 e. The van der Waals surface area contributed by atoms with Crippen molar-refractivity contribution in [2.75, 3.05) is 26.4 Å². The highest BCUT2D eigenvalue weighted by molar-refractivity contribution is 6.32. The molecule has 15 heteroatoms. The normalized spacial score (nSPS) is 13.7. The van der Waals surface area contributed by atoms with Gasteiger partial charge in [-0.3, -0.25) is 14.2 Å². The number of benzene rings is 2. The number of hydrogen-bond acceptors (Lipinski definition) is 9. The Hall–Kier alpha value is -4.46. The number of carboxylic acid groups (broad SMARTS) is 1. The molecule has 0 saturated carbocycles. The molecule has 0 bridgehead atoms. The van der Waals surface area contributed by atoms with Gasteiger partial charge < -0.3 is 35.1 Å². The topological polar surface area (TPSA) is 165 Å². The molecule has 4 N–H and O–H groups in total. The van der Waals surface area contributed by atoms with E-state index in [1.807, 2.05) is 45.0 Å². The Morgan fingerprint density at radius 2 is 1.17 bits per heavy atom. The summed E-state index contributed by atoms with van der Waals surface area (Å²) in [7, 11) is 3.41. The van der Waals surface area contributed by atoms with Crippen molar-refractivity contribution in [2.24, 2.45) is 19.8 Å². The number of ether oxygens (including phenoxy) is 4. The molecule has 4 aromatic rings. The number of carbonyl (C=O) groups is 2. The zero-order valence-electron chi connectivity index (χ0n) is 31.6. The van der Waals surface area contributed by atoms with Crippen LogP contribution in [-0.2, 0) is 38.0 Å². The van der Waals surface area contributed by atoms with Crippen molar-refractivity contribution in [1.82, 2.24) is 24.9 Å². The number of hydrogen-bond donors (Lipinski definition) is 3. The van der Waals surface area contributed by atoms with Crippen molar-refractivity contribution in [1.29, 1.82) is 0 Å². The summed E-state index contributed by atoms with van der Waals surface area (Å²) in [4.78, 5) is 23.2. The molecule has 6 rings (SSSR count). The molecule has 2 aliphatic heterocycles. The van der Waals surface area contributed by atoms with Gasteiger partial charge in [0.15, 0.2) is 23.0 Å². The summed E-state index contributed by atoms with van der Waals surface area (Å²) >= 11 is 12.3. The lowest BCUT2D eigenvalue weighted by Gasteiger charge is -2.13. The third-order valence-electron chi connectivity index (χ3n) is 8.16. The minimum Gasteiger partial charge on any atom is -0.489 e. The summed E-state index contributed by atoms with van der Waals surface area (Å²) < 4.78 is 25.3. The van der Waals surface area contributed by atoms with E-state index in [0.29, 0.717) is 78.3 Å².